The first-order chi connectivity index (χ1) is 20.3. The van der Waals surface area contributed by atoms with Gasteiger partial charge < -0.3 is 33.9 Å². The fourth-order valence-corrected chi connectivity index (χ4v) is 5.08. The number of benzene rings is 1. The van der Waals surface area contributed by atoms with E-state index in [-0.39, 0.29) is 25.1 Å². The van der Waals surface area contributed by atoms with E-state index in [0.29, 0.717) is 25.4 Å². The molecule has 1 unspecified atom stereocenters. The van der Waals surface area contributed by atoms with Crippen molar-refractivity contribution in [3.8, 4) is 17.3 Å². The highest BCUT2D eigenvalue weighted by atomic mass is 16.6. The average molecular weight is 599 g/mol. The Kier molecular flexibility index (Phi) is 9.38. The second-order valence-electron chi connectivity index (χ2n) is 11.4. The van der Waals surface area contributed by atoms with Gasteiger partial charge in [-0.2, -0.15) is 4.98 Å². The number of aromatic nitrogens is 4. The summed E-state index contributed by atoms with van der Waals surface area (Å²) in [6.45, 7) is 10.3. The lowest BCUT2D eigenvalue weighted by atomic mass is 10.1. The van der Waals surface area contributed by atoms with Crippen LogP contribution in [0.1, 0.15) is 39.9 Å². The van der Waals surface area contributed by atoms with Gasteiger partial charge in [-0.15, -0.1) is 0 Å². The van der Waals surface area contributed by atoms with E-state index in [2.05, 4.69) is 9.97 Å². The Morgan fingerprint density at radius 3 is 2.53 bits per heavy atom. The summed E-state index contributed by atoms with van der Waals surface area (Å²) in [6, 6.07) is 6.19. The van der Waals surface area contributed by atoms with Gasteiger partial charge >= 0.3 is 24.2 Å². The van der Waals surface area contributed by atoms with Crippen LogP contribution in [0, 0.1) is 6.92 Å². The molecule has 1 fully saturated rings. The van der Waals surface area contributed by atoms with Crippen molar-refractivity contribution in [2.75, 3.05) is 26.7 Å². The molecule has 14 nitrogen and oxygen atoms in total. The van der Waals surface area contributed by atoms with Crippen LogP contribution in [-0.4, -0.2) is 108 Å². The molecule has 2 aromatic heterocycles. The normalized spacial score (nSPS) is 17.6. The molecule has 0 spiro atoms. The van der Waals surface area contributed by atoms with Gasteiger partial charge in [-0.05, 0) is 46.8 Å². The molecule has 232 valence electrons. The zero-order chi connectivity index (χ0) is 31.5. The van der Waals surface area contributed by atoms with Gasteiger partial charge in [0.1, 0.15) is 23.6 Å². The number of hydrogen-bond donors (Lipinski definition) is 2. The number of rotatable bonds is 10. The molecule has 3 atom stereocenters. The summed E-state index contributed by atoms with van der Waals surface area (Å²) < 4.78 is 19.4. The fraction of sp³-hybridized carbons (Fsp3) is 0.517. The number of carbonyl (C=O) groups is 3. The van der Waals surface area contributed by atoms with E-state index in [1.807, 2.05) is 57.4 Å². The van der Waals surface area contributed by atoms with E-state index in [9.17, 15) is 24.6 Å². The third kappa shape index (κ3) is 7.49. The molecule has 1 saturated heterocycles. The minimum absolute atomic E-state index is 0.00449. The highest BCUT2D eigenvalue weighted by Gasteiger charge is 2.41. The lowest BCUT2D eigenvalue weighted by molar-refractivity contribution is -0.141. The number of imidazole rings is 1. The van der Waals surface area contributed by atoms with Gasteiger partial charge in [-0.25, -0.2) is 24.4 Å². The summed E-state index contributed by atoms with van der Waals surface area (Å²) in [5.41, 5.74) is 2.22. The third-order valence-electron chi connectivity index (χ3n) is 6.90. The Morgan fingerprint density at radius 2 is 1.91 bits per heavy atom. The van der Waals surface area contributed by atoms with Crippen molar-refractivity contribution < 1.29 is 38.8 Å². The van der Waals surface area contributed by atoms with Crippen molar-refractivity contribution in [3.05, 3.63) is 36.3 Å². The Bertz CT molecular complexity index is 1460. The molecule has 2 N–H and O–H groups in total. The van der Waals surface area contributed by atoms with Crippen LogP contribution in [0.15, 0.2) is 30.5 Å². The van der Waals surface area contributed by atoms with Crippen LogP contribution in [0.25, 0.3) is 22.3 Å². The van der Waals surface area contributed by atoms with Gasteiger partial charge in [0.05, 0.1) is 42.5 Å². The number of hydrogen-bond acceptors (Lipinski definition) is 9. The van der Waals surface area contributed by atoms with Crippen molar-refractivity contribution in [1.82, 2.24) is 29.3 Å². The van der Waals surface area contributed by atoms with Crippen LogP contribution >= 0.6 is 0 Å². The van der Waals surface area contributed by atoms with Gasteiger partial charge in [-0.3, -0.25) is 4.90 Å². The maximum atomic E-state index is 12.6. The number of fused-ring (bicyclic) bond motifs is 1. The fourth-order valence-electron chi connectivity index (χ4n) is 5.08. The number of aryl methyl sites for hydroxylation is 1. The van der Waals surface area contributed by atoms with E-state index in [1.54, 1.807) is 13.1 Å². The summed E-state index contributed by atoms with van der Waals surface area (Å²) >= 11 is 0. The molecule has 1 aromatic carbocycles. The summed E-state index contributed by atoms with van der Waals surface area (Å²) in [6.07, 6.45) is -1.34. The predicted molar refractivity (Wildman–Crippen MR) is 155 cm³/mol. The summed E-state index contributed by atoms with van der Waals surface area (Å²) in [4.78, 5) is 51.5. The molecule has 3 heterocycles. The van der Waals surface area contributed by atoms with Crippen LogP contribution in [-0.2, 0) is 20.8 Å². The van der Waals surface area contributed by atoms with Crippen LogP contribution in [0.4, 0.5) is 9.59 Å². The minimum atomic E-state index is -1.33. The van der Waals surface area contributed by atoms with Gasteiger partial charge in [0.2, 0.25) is 0 Å². The number of carboxylic acids is 1. The lowest BCUT2D eigenvalue weighted by Crippen LogP contribution is -2.40. The smallest absolute Gasteiger partial charge is 0.410 e. The maximum absolute atomic E-state index is 12.6. The molecular weight excluding hydrogens is 560 g/mol. The lowest BCUT2D eigenvalue weighted by Gasteiger charge is -2.28. The van der Waals surface area contributed by atoms with Crippen molar-refractivity contribution in [2.24, 2.45) is 0 Å². The van der Waals surface area contributed by atoms with E-state index < -0.39 is 35.9 Å². The monoisotopic (exact) mass is 598 g/mol. The zero-order valence-electron chi connectivity index (χ0n) is 25.2. The molecule has 0 saturated carbocycles. The maximum Gasteiger partial charge on any atom is 0.410 e. The molecule has 1 aliphatic rings. The zero-order valence-corrected chi connectivity index (χ0v) is 25.2. The topological polar surface area (TPSA) is 169 Å². The minimum Gasteiger partial charge on any atom is -0.480 e. The van der Waals surface area contributed by atoms with Crippen molar-refractivity contribution in [2.45, 2.75) is 71.4 Å². The summed E-state index contributed by atoms with van der Waals surface area (Å²) in [5, 5.41) is 18.8. The van der Waals surface area contributed by atoms with E-state index in [1.165, 1.54) is 11.1 Å². The van der Waals surface area contributed by atoms with Crippen LogP contribution in [0.3, 0.4) is 0 Å². The van der Waals surface area contributed by atoms with E-state index in [0.717, 1.165) is 27.3 Å². The largest absolute Gasteiger partial charge is 0.480 e. The number of ether oxygens (including phenoxy) is 3. The number of aliphatic carboxylic acids is 1. The molecule has 4 rings (SSSR count). The average Bonchev–Trinajstić information content (AvgIpc) is 3.49. The van der Waals surface area contributed by atoms with Crippen molar-refractivity contribution in [3.63, 3.8) is 0 Å². The van der Waals surface area contributed by atoms with E-state index in [4.69, 9.17) is 19.2 Å². The third-order valence-corrected chi connectivity index (χ3v) is 6.90. The molecular formula is C29H38N6O8. The quantitative estimate of drug-likeness (QED) is 0.349. The van der Waals surface area contributed by atoms with Crippen molar-refractivity contribution in [1.29, 1.82) is 0 Å². The SMILES string of the molecule is CCOC(CN(C)C(=O)OC(C)(C)C)Cn1c(C)nc2cccc(-c3ccnc(O[C@H]4C[C@@H](C(=O)O)N(C(=O)O)C4)n3)c21. The highest BCUT2D eigenvalue weighted by molar-refractivity contribution is 5.91. The molecule has 2 amide bonds. The van der Waals surface area contributed by atoms with Crippen LogP contribution in [0.5, 0.6) is 6.01 Å². The van der Waals surface area contributed by atoms with Crippen LogP contribution in [0.2, 0.25) is 0 Å². The first-order valence-electron chi connectivity index (χ1n) is 14.0. The first-order valence-corrected chi connectivity index (χ1v) is 14.0. The predicted octanol–water partition coefficient (Wildman–Crippen LogP) is 3.66. The Hall–Kier alpha value is -4.46. The second kappa shape index (κ2) is 12.8. The van der Waals surface area contributed by atoms with Gasteiger partial charge in [0.15, 0.2) is 0 Å². The second-order valence-corrected chi connectivity index (χ2v) is 11.4. The summed E-state index contributed by atoms with van der Waals surface area (Å²) in [5.74, 6) is -0.488. The molecule has 0 aliphatic carbocycles. The number of likely N-dealkylation sites (tertiary alicyclic amines) is 1. The standard InChI is InChI=1S/C29H38N6O8/c1-7-41-19(14-33(6)28(40)43-29(3,4)5)16-34-17(2)31-22-10-8-9-20(24(22)34)21-11-12-30-26(32-21)42-18-13-23(25(36)37)35(15-18)27(38)39/h8-12,18-19,23H,7,13-16H2,1-6H3,(H,36,37)(H,38,39)/t18-,19?,23-/m0/s1. The molecule has 0 radical (unpaired) electrons. The Morgan fingerprint density at radius 1 is 1.16 bits per heavy atom. The first kappa shape index (κ1) is 31.5. The number of amides is 2. The molecule has 14 heteroatoms. The molecule has 3 aromatic rings. The Labute approximate surface area is 249 Å². The van der Waals surface area contributed by atoms with Crippen molar-refractivity contribution >= 4 is 29.2 Å². The number of carboxylic acid groups (broad SMARTS) is 2. The van der Waals surface area contributed by atoms with Gasteiger partial charge in [-0.1, -0.05) is 12.1 Å². The van der Waals surface area contributed by atoms with E-state index >= 15 is 0 Å². The number of nitrogens with zero attached hydrogens (tertiary/aromatic N) is 6. The number of carbonyl (C=O) groups excluding carboxylic acids is 1. The highest BCUT2D eigenvalue weighted by Crippen LogP contribution is 2.30. The molecule has 1 aliphatic heterocycles. The Balaban J connectivity index is 1.60. The van der Waals surface area contributed by atoms with Gasteiger partial charge in [0.25, 0.3) is 0 Å². The van der Waals surface area contributed by atoms with Crippen LogP contribution < -0.4 is 4.74 Å². The summed E-state index contributed by atoms with van der Waals surface area (Å²) in [7, 11) is 1.67. The van der Waals surface area contributed by atoms with Gasteiger partial charge in [0, 0.05) is 31.8 Å². The number of likely N-dealkylation sites (N-methyl/N-ethyl adjacent to an activating group) is 1. The molecule has 43 heavy (non-hydrogen) atoms. The molecule has 0 bridgehead atoms. The number of para-hydroxylation sites is 1.